The average Bonchev–Trinajstić information content (AvgIpc) is 3.09. The smallest absolute Gasteiger partial charge is 0.313 e. The highest BCUT2D eigenvalue weighted by Gasteiger charge is 2.26. The fourth-order valence-electron chi connectivity index (χ4n) is 3.56. The number of hydrogen-bond acceptors (Lipinski definition) is 4. The van der Waals surface area contributed by atoms with E-state index in [1.54, 1.807) is 6.07 Å². The van der Waals surface area contributed by atoms with Crippen LogP contribution in [0.3, 0.4) is 0 Å². The topological polar surface area (TPSA) is 69.6 Å². The maximum atomic E-state index is 12.4. The minimum atomic E-state index is -0.644. The Morgan fingerprint density at radius 1 is 1.04 bits per heavy atom. The van der Waals surface area contributed by atoms with Crippen LogP contribution in [0.2, 0.25) is 0 Å². The number of anilines is 1. The highest BCUT2D eigenvalue weighted by molar-refractivity contribution is 6.39. The second-order valence-electron chi connectivity index (χ2n) is 7.43. The molecular weight excluding hydrogens is 354 g/mol. The molecule has 0 bridgehead atoms. The van der Waals surface area contributed by atoms with Gasteiger partial charge in [0, 0.05) is 57.3 Å². The monoisotopic (exact) mass is 383 g/mol. The maximum absolute atomic E-state index is 12.4. The Balaban J connectivity index is 1.63. The first kappa shape index (κ1) is 20.1. The summed E-state index contributed by atoms with van der Waals surface area (Å²) in [5, 5.41) is 5.48. The van der Waals surface area contributed by atoms with E-state index in [1.807, 2.05) is 44.4 Å². The molecule has 1 saturated heterocycles. The molecule has 3 rings (SSSR count). The lowest BCUT2D eigenvalue weighted by Crippen LogP contribution is -2.49. The molecule has 2 heterocycles. The lowest BCUT2D eigenvalue weighted by molar-refractivity contribution is -0.136. The van der Waals surface area contributed by atoms with E-state index < -0.39 is 11.8 Å². The quantitative estimate of drug-likeness (QED) is 0.766. The number of carbonyl (C=O) groups is 2. The van der Waals surface area contributed by atoms with E-state index in [0.29, 0.717) is 12.2 Å². The van der Waals surface area contributed by atoms with Crippen molar-refractivity contribution in [3.05, 3.63) is 53.9 Å². The van der Waals surface area contributed by atoms with Crippen LogP contribution >= 0.6 is 0 Å². The maximum Gasteiger partial charge on any atom is 0.313 e. The van der Waals surface area contributed by atoms with E-state index in [2.05, 4.69) is 38.1 Å². The Labute approximate surface area is 166 Å². The van der Waals surface area contributed by atoms with Crippen molar-refractivity contribution in [1.82, 2.24) is 19.7 Å². The number of nitrogens with zero attached hydrogens (tertiary/aromatic N) is 3. The summed E-state index contributed by atoms with van der Waals surface area (Å²) < 4.78 is 2.07. The third-order valence-electron chi connectivity index (χ3n) is 5.24. The van der Waals surface area contributed by atoms with Crippen LogP contribution in [-0.2, 0) is 16.6 Å². The van der Waals surface area contributed by atoms with E-state index in [9.17, 15) is 9.59 Å². The standard InChI is InChI=1S/C21H29N5O2/c1-16-6-4-7-17(14-16)23-21(28)20(27)22-15-19(18-8-5-9-25(18)3)26-12-10-24(2)11-13-26/h4-9,14,19H,10-13,15H2,1-3H3,(H,22,27)(H,23,28). The van der Waals surface area contributed by atoms with Gasteiger partial charge in [-0.3, -0.25) is 14.5 Å². The number of nitrogens with one attached hydrogen (secondary N) is 2. The molecule has 2 amide bonds. The fraction of sp³-hybridized carbons (Fsp3) is 0.429. The van der Waals surface area contributed by atoms with Gasteiger partial charge >= 0.3 is 11.8 Å². The molecule has 1 fully saturated rings. The number of hydrogen-bond donors (Lipinski definition) is 2. The molecule has 2 aromatic rings. The summed E-state index contributed by atoms with van der Waals surface area (Å²) in [6.45, 7) is 6.17. The van der Waals surface area contributed by atoms with Crippen LogP contribution < -0.4 is 10.6 Å². The molecule has 1 unspecified atom stereocenters. The summed E-state index contributed by atoms with van der Waals surface area (Å²) >= 11 is 0. The lowest BCUT2D eigenvalue weighted by Gasteiger charge is -2.38. The molecule has 7 heteroatoms. The van der Waals surface area contributed by atoms with Crippen molar-refractivity contribution in [2.75, 3.05) is 45.1 Å². The molecule has 0 radical (unpaired) electrons. The Bertz CT molecular complexity index is 824. The predicted octanol–water partition coefficient (Wildman–Crippen LogP) is 1.38. The number of piperazine rings is 1. The molecule has 0 spiro atoms. The van der Waals surface area contributed by atoms with Crippen molar-refractivity contribution < 1.29 is 9.59 Å². The molecule has 1 aliphatic rings. The van der Waals surface area contributed by atoms with Gasteiger partial charge in [0.2, 0.25) is 0 Å². The molecule has 7 nitrogen and oxygen atoms in total. The molecular formula is C21H29N5O2. The lowest BCUT2D eigenvalue weighted by atomic mass is 10.1. The zero-order valence-corrected chi connectivity index (χ0v) is 16.8. The normalized spacial score (nSPS) is 16.5. The molecule has 28 heavy (non-hydrogen) atoms. The summed E-state index contributed by atoms with van der Waals surface area (Å²) in [7, 11) is 4.12. The first-order valence-electron chi connectivity index (χ1n) is 9.63. The number of aromatic nitrogens is 1. The highest BCUT2D eigenvalue weighted by atomic mass is 16.2. The van der Waals surface area contributed by atoms with Crippen molar-refractivity contribution in [2.45, 2.75) is 13.0 Å². The average molecular weight is 383 g/mol. The van der Waals surface area contributed by atoms with Gasteiger partial charge in [-0.2, -0.15) is 0 Å². The number of aryl methyl sites for hydroxylation is 2. The van der Waals surface area contributed by atoms with Crippen molar-refractivity contribution in [1.29, 1.82) is 0 Å². The molecule has 0 aliphatic carbocycles. The number of rotatable bonds is 5. The van der Waals surface area contributed by atoms with Crippen LogP contribution in [0.25, 0.3) is 0 Å². The van der Waals surface area contributed by atoms with Crippen molar-refractivity contribution in [3.63, 3.8) is 0 Å². The molecule has 150 valence electrons. The minimum Gasteiger partial charge on any atom is -0.353 e. The molecule has 1 atom stereocenters. The second kappa shape index (κ2) is 9.03. The van der Waals surface area contributed by atoms with Gasteiger partial charge in [0.05, 0.1) is 6.04 Å². The summed E-state index contributed by atoms with van der Waals surface area (Å²) in [6.07, 6.45) is 2.00. The van der Waals surface area contributed by atoms with Crippen LogP contribution in [0.15, 0.2) is 42.6 Å². The van der Waals surface area contributed by atoms with Crippen LogP contribution in [0.5, 0.6) is 0 Å². The van der Waals surface area contributed by atoms with Crippen LogP contribution in [0, 0.1) is 6.92 Å². The van der Waals surface area contributed by atoms with E-state index in [1.165, 1.54) is 0 Å². The summed E-state index contributed by atoms with van der Waals surface area (Å²) in [5.41, 5.74) is 2.78. The van der Waals surface area contributed by atoms with E-state index in [4.69, 9.17) is 0 Å². The van der Waals surface area contributed by atoms with Gasteiger partial charge in [-0.15, -0.1) is 0 Å². The van der Waals surface area contributed by atoms with Gasteiger partial charge in [-0.25, -0.2) is 0 Å². The number of benzene rings is 1. The third-order valence-corrected chi connectivity index (χ3v) is 5.24. The largest absolute Gasteiger partial charge is 0.353 e. The molecule has 1 aromatic heterocycles. The first-order valence-corrected chi connectivity index (χ1v) is 9.63. The Kier molecular flexibility index (Phi) is 6.49. The molecule has 0 saturated carbocycles. The number of likely N-dealkylation sites (N-methyl/N-ethyl adjacent to an activating group) is 1. The molecule has 1 aromatic carbocycles. The summed E-state index contributed by atoms with van der Waals surface area (Å²) in [5.74, 6) is -1.26. The van der Waals surface area contributed by atoms with E-state index in [-0.39, 0.29) is 6.04 Å². The number of amides is 2. The zero-order chi connectivity index (χ0) is 20.1. The number of carbonyl (C=O) groups excluding carboxylic acids is 2. The van der Waals surface area contributed by atoms with Gasteiger partial charge in [0.15, 0.2) is 0 Å². The van der Waals surface area contributed by atoms with Crippen molar-refractivity contribution >= 4 is 17.5 Å². The third kappa shape index (κ3) is 4.99. The highest BCUT2D eigenvalue weighted by Crippen LogP contribution is 2.21. The SMILES string of the molecule is Cc1cccc(NC(=O)C(=O)NCC(c2cccn2C)N2CCN(C)CC2)c1. The first-order chi connectivity index (χ1) is 13.4. The zero-order valence-electron chi connectivity index (χ0n) is 16.8. The summed E-state index contributed by atoms with van der Waals surface area (Å²) in [6, 6.07) is 11.5. The van der Waals surface area contributed by atoms with Crippen LogP contribution in [0.1, 0.15) is 17.3 Å². The van der Waals surface area contributed by atoms with E-state index >= 15 is 0 Å². The van der Waals surface area contributed by atoms with Gasteiger partial charge in [0.1, 0.15) is 0 Å². The van der Waals surface area contributed by atoms with Crippen LogP contribution in [-0.4, -0.2) is 66.0 Å². The fourth-order valence-corrected chi connectivity index (χ4v) is 3.56. The predicted molar refractivity (Wildman–Crippen MR) is 110 cm³/mol. The Hall–Kier alpha value is -2.64. The van der Waals surface area contributed by atoms with Gasteiger partial charge in [-0.1, -0.05) is 12.1 Å². The van der Waals surface area contributed by atoms with Gasteiger partial charge < -0.3 is 20.1 Å². The molecule has 1 aliphatic heterocycles. The van der Waals surface area contributed by atoms with Crippen LogP contribution in [0.4, 0.5) is 5.69 Å². The Morgan fingerprint density at radius 2 is 1.79 bits per heavy atom. The van der Waals surface area contributed by atoms with Crippen molar-refractivity contribution in [2.24, 2.45) is 7.05 Å². The van der Waals surface area contributed by atoms with E-state index in [0.717, 1.165) is 37.4 Å². The van der Waals surface area contributed by atoms with Gasteiger partial charge in [-0.05, 0) is 43.8 Å². The van der Waals surface area contributed by atoms with Crippen molar-refractivity contribution in [3.8, 4) is 0 Å². The minimum absolute atomic E-state index is 0.0319. The van der Waals surface area contributed by atoms with Gasteiger partial charge in [0.25, 0.3) is 0 Å². The molecule has 2 N–H and O–H groups in total. The second-order valence-corrected chi connectivity index (χ2v) is 7.43. The summed E-state index contributed by atoms with van der Waals surface area (Å²) in [4.78, 5) is 29.3. The Morgan fingerprint density at radius 3 is 2.43 bits per heavy atom.